The van der Waals surface area contributed by atoms with Gasteiger partial charge in [-0.25, -0.2) is 4.39 Å². The second-order valence-corrected chi connectivity index (χ2v) is 6.94. The van der Waals surface area contributed by atoms with E-state index in [1.54, 1.807) is 55.6 Å². The molecule has 0 bridgehead atoms. The highest BCUT2D eigenvalue weighted by Gasteiger charge is 2.12. The number of hydrogen-bond donors (Lipinski definition) is 1. The van der Waals surface area contributed by atoms with Crippen molar-refractivity contribution in [3.05, 3.63) is 99.8 Å². The van der Waals surface area contributed by atoms with Gasteiger partial charge < -0.3 is 10.1 Å². The number of rotatable bonds is 6. The van der Waals surface area contributed by atoms with Crippen LogP contribution in [0.1, 0.15) is 16.7 Å². The lowest BCUT2D eigenvalue weighted by Gasteiger charge is -2.09. The number of anilines is 1. The number of carbonyl (C=O) groups excluding carboxylic acids is 1. The molecule has 1 amide bonds. The van der Waals surface area contributed by atoms with Crippen LogP contribution in [0.15, 0.2) is 72.3 Å². The summed E-state index contributed by atoms with van der Waals surface area (Å²) in [7, 11) is 1.55. The molecule has 0 atom stereocenters. The van der Waals surface area contributed by atoms with Gasteiger partial charge in [-0.2, -0.15) is 5.26 Å². The monoisotopic (exact) mass is 420 g/mol. The van der Waals surface area contributed by atoms with Gasteiger partial charge in [-0.15, -0.1) is 0 Å². The number of amides is 1. The molecule has 0 fully saturated rings. The highest BCUT2D eigenvalue weighted by atomic mass is 35.5. The van der Waals surface area contributed by atoms with Gasteiger partial charge in [0.15, 0.2) is 0 Å². The fourth-order valence-corrected chi connectivity index (χ4v) is 3.09. The molecular formula is C24H18ClFN2O2. The van der Waals surface area contributed by atoms with Crippen LogP contribution >= 0.6 is 11.6 Å². The van der Waals surface area contributed by atoms with Crippen molar-refractivity contribution < 1.29 is 13.9 Å². The number of benzene rings is 3. The minimum absolute atomic E-state index is 0.0754. The number of nitrogens with one attached hydrogen (secondary N) is 1. The molecule has 150 valence electrons. The average Bonchev–Trinajstić information content (AvgIpc) is 2.74. The van der Waals surface area contributed by atoms with E-state index < -0.39 is 5.91 Å². The zero-order valence-corrected chi connectivity index (χ0v) is 16.9. The smallest absolute Gasteiger partial charge is 0.266 e. The van der Waals surface area contributed by atoms with Gasteiger partial charge in [0.05, 0.1) is 7.11 Å². The van der Waals surface area contributed by atoms with E-state index in [9.17, 15) is 14.4 Å². The first-order chi connectivity index (χ1) is 14.5. The average molecular weight is 421 g/mol. The Morgan fingerprint density at radius 1 is 1.17 bits per heavy atom. The second-order valence-electron chi connectivity index (χ2n) is 6.50. The number of ether oxygens (including phenoxy) is 1. The maximum atomic E-state index is 13.5. The Hall–Kier alpha value is -3.62. The van der Waals surface area contributed by atoms with E-state index >= 15 is 0 Å². The fourth-order valence-electron chi connectivity index (χ4n) is 2.90. The molecule has 30 heavy (non-hydrogen) atoms. The van der Waals surface area contributed by atoms with Crippen molar-refractivity contribution in [2.45, 2.75) is 6.42 Å². The third-order valence-corrected chi connectivity index (χ3v) is 4.64. The lowest BCUT2D eigenvalue weighted by Crippen LogP contribution is -2.13. The van der Waals surface area contributed by atoms with Gasteiger partial charge >= 0.3 is 0 Å². The van der Waals surface area contributed by atoms with Gasteiger partial charge in [0.2, 0.25) is 0 Å². The molecule has 0 aliphatic carbocycles. The molecule has 0 spiro atoms. The topological polar surface area (TPSA) is 62.1 Å². The van der Waals surface area contributed by atoms with Crippen LogP contribution in [0.5, 0.6) is 5.75 Å². The number of halogens is 2. The molecule has 0 heterocycles. The Labute approximate surface area is 179 Å². The van der Waals surface area contributed by atoms with E-state index in [1.807, 2.05) is 12.1 Å². The van der Waals surface area contributed by atoms with E-state index in [0.29, 0.717) is 28.4 Å². The lowest BCUT2D eigenvalue weighted by molar-refractivity contribution is -0.112. The van der Waals surface area contributed by atoms with Crippen molar-refractivity contribution in [3.63, 3.8) is 0 Å². The van der Waals surface area contributed by atoms with E-state index in [4.69, 9.17) is 16.3 Å². The third kappa shape index (κ3) is 5.47. The first kappa shape index (κ1) is 21.1. The van der Waals surface area contributed by atoms with E-state index in [0.717, 1.165) is 11.1 Å². The van der Waals surface area contributed by atoms with Gasteiger partial charge in [0.1, 0.15) is 23.2 Å². The Kier molecular flexibility index (Phi) is 6.84. The third-order valence-electron chi connectivity index (χ3n) is 4.40. The zero-order chi connectivity index (χ0) is 21.5. The largest absolute Gasteiger partial charge is 0.497 e. The molecule has 1 N–H and O–H groups in total. The minimum atomic E-state index is -0.542. The SMILES string of the molecule is COc1ccc(NC(=O)/C(C#N)=C/c2cc(Cl)ccc2Cc2cccc(F)c2)cc1. The van der Waals surface area contributed by atoms with Gasteiger partial charge in [-0.3, -0.25) is 4.79 Å². The molecule has 4 nitrogen and oxygen atoms in total. The van der Waals surface area contributed by atoms with Crippen molar-refractivity contribution in [1.29, 1.82) is 5.26 Å². The van der Waals surface area contributed by atoms with Crippen LogP contribution in [-0.2, 0) is 11.2 Å². The highest BCUT2D eigenvalue weighted by Crippen LogP contribution is 2.23. The summed E-state index contributed by atoms with van der Waals surface area (Å²) in [5.74, 6) is -0.209. The van der Waals surface area contributed by atoms with Gasteiger partial charge in [0.25, 0.3) is 5.91 Å². The molecule has 0 radical (unpaired) electrons. The summed E-state index contributed by atoms with van der Waals surface area (Å²) in [5.41, 5.74) is 2.66. The fraction of sp³-hybridized carbons (Fsp3) is 0.0833. The van der Waals surface area contributed by atoms with Crippen molar-refractivity contribution in [2.75, 3.05) is 12.4 Å². The molecule has 0 aromatic heterocycles. The van der Waals surface area contributed by atoms with Crippen molar-refractivity contribution in [3.8, 4) is 11.8 Å². The van der Waals surface area contributed by atoms with Gasteiger partial charge in [-0.1, -0.05) is 29.8 Å². The molecule has 3 aromatic rings. The van der Waals surface area contributed by atoms with Crippen LogP contribution < -0.4 is 10.1 Å². The lowest BCUT2D eigenvalue weighted by atomic mass is 9.98. The summed E-state index contributed by atoms with van der Waals surface area (Å²) >= 11 is 6.13. The minimum Gasteiger partial charge on any atom is -0.497 e. The Balaban J connectivity index is 1.87. The molecule has 0 aliphatic heterocycles. The summed E-state index contributed by atoms with van der Waals surface area (Å²) in [6, 6.07) is 20.2. The Morgan fingerprint density at radius 3 is 2.60 bits per heavy atom. The van der Waals surface area contributed by atoms with Crippen LogP contribution in [-0.4, -0.2) is 13.0 Å². The normalized spacial score (nSPS) is 10.9. The van der Waals surface area contributed by atoms with Crippen LogP contribution in [0.25, 0.3) is 6.08 Å². The summed E-state index contributed by atoms with van der Waals surface area (Å²) in [4.78, 5) is 12.6. The zero-order valence-electron chi connectivity index (χ0n) is 16.2. The van der Waals surface area contributed by atoms with Crippen LogP contribution in [0.2, 0.25) is 5.02 Å². The first-order valence-electron chi connectivity index (χ1n) is 9.08. The molecule has 6 heteroatoms. The van der Waals surface area contributed by atoms with Crippen molar-refractivity contribution in [2.24, 2.45) is 0 Å². The summed E-state index contributed by atoms with van der Waals surface area (Å²) in [6.07, 6.45) is 1.92. The standard InChI is InChI=1S/C24H18ClFN2O2/c1-30-23-9-7-22(8-10-23)28-24(29)19(15-27)13-18-14-20(25)6-5-17(18)11-16-3-2-4-21(26)12-16/h2-10,12-14H,11H2,1H3,(H,28,29)/b19-13+. The summed E-state index contributed by atoms with van der Waals surface area (Å²) in [5, 5.41) is 12.7. The number of hydrogen-bond acceptors (Lipinski definition) is 3. The predicted molar refractivity (Wildman–Crippen MR) is 116 cm³/mol. The second kappa shape index (κ2) is 9.73. The number of nitrogens with zero attached hydrogens (tertiary/aromatic N) is 1. The molecule has 3 aromatic carbocycles. The van der Waals surface area contributed by atoms with E-state index in [2.05, 4.69) is 5.32 Å². The molecule has 3 rings (SSSR count). The summed E-state index contributed by atoms with van der Waals surface area (Å²) < 4.78 is 18.6. The highest BCUT2D eigenvalue weighted by molar-refractivity contribution is 6.30. The quantitative estimate of drug-likeness (QED) is 0.415. The van der Waals surface area contributed by atoms with Gasteiger partial charge in [0, 0.05) is 10.7 Å². The van der Waals surface area contributed by atoms with Crippen LogP contribution in [0.3, 0.4) is 0 Å². The molecule has 0 saturated heterocycles. The Bertz CT molecular complexity index is 1130. The Morgan fingerprint density at radius 2 is 1.93 bits per heavy atom. The van der Waals surface area contributed by atoms with Crippen molar-refractivity contribution >= 4 is 29.3 Å². The first-order valence-corrected chi connectivity index (χ1v) is 9.46. The van der Waals surface area contributed by atoms with Gasteiger partial charge in [-0.05, 0) is 77.7 Å². The number of nitriles is 1. The number of methoxy groups -OCH3 is 1. The summed E-state index contributed by atoms with van der Waals surface area (Å²) in [6.45, 7) is 0. The molecule has 0 aliphatic rings. The van der Waals surface area contributed by atoms with E-state index in [-0.39, 0.29) is 11.4 Å². The molecule has 0 unspecified atom stereocenters. The maximum absolute atomic E-state index is 13.5. The van der Waals surface area contributed by atoms with Crippen LogP contribution in [0, 0.1) is 17.1 Å². The van der Waals surface area contributed by atoms with Crippen LogP contribution in [0.4, 0.5) is 10.1 Å². The molecular weight excluding hydrogens is 403 g/mol. The van der Waals surface area contributed by atoms with Crippen molar-refractivity contribution in [1.82, 2.24) is 0 Å². The molecule has 0 saturated carbocycles. The van der Waals surface area contributed by atoms with E-state index in [1.165, 1.54) is 18.2 Å². The predicted octanol–water partition coefficient (Wildman–Crippen LogP) is 5.62. The maximum Gasteiger partial charge on any atom is 0.266 e. The number of carbonyl (C=O) groups is 1.